The van der Waals surface area contributed by atoms with Crippen molar-refractivity contribution in [1.82, 2.24) is 0 Å². The Kier molecular flexibility index (Phi) is 7.17. The van der Waals surface area contributed by atoms with Gasteiger partial charge in [0.25, 0.3) is 0 Å². The third-order valence-corrected chi connectivity index (χ3v) is 2.94. The molecular formula is C12H22O4. The number of carboxylic acids is 1. The highest BCUT2D eigenvalue weighted by molar-refractivity contribution is 5.66. The Morgan fingerprint density at radius 1 is 1.25 bits per heavy atom. The number of unbranched alkanes of at least 4 members (excludes halogenated alkanes) is 1. The first-order valence-electron chi connectivity index (χ1n) is 6.16. The minimum Gasteiger partial charge on any atom is -0.481 e. The van der Waals surface area contributed by atoms with Crippen LogP contribution in [0.1, 0.15) is 38.5 Å². The Bertz CT molecular complexity index is 187. The van der Waals surface area contributed by atoms with Crippen LogP contribution < -0.4 is 0 Å². The summed E-state index contributed by atoms with van der Waals surface area (Å²) in [7, 11) is 0. The smallest absolute Gasteiger partial charge is 0.303 e. The maximum Gasteiger partial charge on any atom is 0.303 e. The first kappa shape index (κ1) is 13.5. The van der Waals surface area contributed by atoms with Crippen molar-refractivity contribution in [2.45, 2.75) is 38.5 Å². The minimum absolute atomic E-state index is 0.253. The molecule has 4 heteroatoms. The van der Waals surface area contributed by atoms with E-state index in [1.807, 2.05) is 0 Å². The monoisotopic (exact) mass is 230 g/mol. The third kappa shape index (κ3) is 6.80. The molecule has 16 heavy (non-hydrogen) atoms. The van der Waals surface area contributed by atoms with E-state index in [0.29, 0.717) is 13.0 Å². The Morgan fingerprint density at radius 2 is 2.00 bits per heavy atom. The van der Waals surface area contributed by atoms with Crippen molar-refractivity contribution in [1.29, 1.82) is 0 Å². The number of carboxylic acid groups (broad SMARTS) is 1. The molecule has 0 bridgehead atoms. The second kappa shape index (κ2) is 8.53. The number of aliphatic carboxylic acids is 1. The number of carbonyl (C=O) groups is 1. The van der Waals surface area contributed by atoms with Crippen molar-refractivity contribution in [3.8, 4) is 0 Å². The summed E-state index contributed by atoms with van der Waals surface area (Å²) in [5, 5.41) is 8.43. The average molecular weight is 230 g/mol. The molecule has 0 aromatic heterocycles. The average Bonchev–Trinajstić information content (AvgIpc) is 2.29. The van der Waals surface area contributed by atoms with Gasteiger partial charge in [0, 0.05) is 32.8 Å². The van der Waals surface area contributed by atoms with Crippen LogP contribution in [0.25, 0.3) is 0 Å². The summed E-state index contributed by atoms with van der Waals surface area (Å²) < 4.78 is 10.8. The van der Waals surface area contributed by atoms with Crippen LogP contribution in [-0.4, -0.2) is 37.5 Å². The molecule has 1 heterocycles. The molecule has 0 amide bonds. The van der Waals surface area contributed by atoms with Crippen LogP contribution in [0.15, 0.2) is 0 Å². The van der Waals surface area contributed by atoms with Crippen molar-refractivity contribution in [3.63, 3.8) is 0 Å². The summed E-state index contributed by atoms with van der Waals surface area (Å²) in [5.41, 5.74) is 0. The SMILES string of the molecule is O=C(O)CCCCOCCC1CCOCC1. The van der Waals surface area contributed by atoms with Crippen LogP contribution >= 0.6 is 0 Å². The highest BCUT2D eigenvalue weighted by Gasteiger charge is 2.12. The molecule has 0 atom stereocenters. The van der Waals surface area contributed by atoms with Crippen LogP contribution in [0.4, 0.5) is 0 Å². The van der Waals surface area contributed by atoms with Crippen molar-refractivity contribution < 1.29 is 19.4 Å². The van der Waals surface area contributed by atoms with E-state index in [-0.39, 0.29) is 6.42 Å². The topological polar surface area (TPSA) is 55.8 Å². The van der Waals surface area contributed by atoms with Gasteiger partial charge in [0.15, 0.2) is 0 Å². The van der Waals surface area contributed by atoms with E-state index in [1.54, 1.807) is 0 Å². The van der Waals surface area contributed by atoms with Gasteiger partial charge in [-0.05, 0) is 38.0 Å². The van der Waals surface area contributed by atoms with E-state index in [2.05, 4.69) is 0 Å². The van der Waals surface area contributed by atoms with Gasteiger partial charge in [-0.3, -0.25) is 4.79 Å². The number of hydrogen-bond acceptors (Lipinski definition) is 3. The van der Waals surface area contributed by atoms with Crippen LogP contribution in [0.3, 0.4) is 0 Å². The van der Waals surface area contributed by atoms with E-state index < -0.39 is 5.97 Å². The van der Waals surface area contributed by atoms with Crippen LogP contribution in [-0.2, 0) is 14.3 Å². The Labute approximate surface area is 96.9 Å². The highest BCUT2D eigenvalue weighted by atomic mass is 16.5. The van der Waals surface area contributed by atoms with Gasteiger partial charge in [-0.25, -0.2) is 0 Å². The van der Waals surface area contributed by atoms with Gasteiger partial charge in [0.1, 0.15) is 0 Å². The molecule has 1 aliphatic rings. The predicted octanol–water partition coefficient (Wildman–Crippen LogP) is 2.07. The van der Waals surface area contributed by atoms with Crippen molar-refractivity contribution in [2.24, 2.45) is 5.92 Å². The number of rotatable bonds is 8. The Hall–Kier alpha value is -0.610. The molecule has 0 aromatic carbocycles. The minimum atomic E-state index is -0.720. The summed E-state index contributed by atoms with van der Waals surface area (Å²) in [4.78, 5) is 10.2. The van der Waals surface area contributed by atoms with Crippen molar-refractivity contribution in [3.05, 3.63) is 0 Å². The molecule has 4 nitrogen and oxygen atoms in total. The zero-order valence-corrected chi connectivity index (χ0v) is 9.82. The fourth-order valence-corrected chi connectivity index (χ4v) is 1.87. The quantitative estimate of drug-likeness (QED) is 0.649. The molecule has 0 spiro atoms. The first-order chi connectivity index (χ1) is 7.79. The fourth-order valence-electron chi connectivity index (χ4n) is 1.87. The lowest BCUT2D eigenvalue weighted by Crippen LogP contribution is -2.17. The van der Waals surface area contributed by atoms with Gasteiger partial charge in [0.2, 0.25) is 0 Å². The molecule has 0 aliphatic carbocycles. The maximum atomic E-state index is 10.2. The zero-order chi connectivity index (χ0) is 11.6. The molecule has 1 N–H and O–H groups in total. The molecule has 1 aliphatic heterocycles. The fraction of sp³-hybridized carbons (Fsp3) is 0.917. The summed E-state index contributed by atoms with van der Waals surface area (Å²) in [6.45, 7) is 3.28. The first-order valence-corrected chi connectivity index (χ1v) is 6.16. The van der Waals surface area contributed by atoms with Crippen molar-refractivity contribution >= 4 is 5.97 Å². The zero-order valence-electron chi connectivity index (χ0n) is 9.82. The van der Waals surface area contributed by atoms with Crippen LogP contribution in [0.2, 0.25) is 0 Å². The van der Waals surface area contributed by atoms with Crippen molar-refractivity contribution in [2.75, 3.05) is 26.4 Å². The summed E-state index contributed by atoms with van der Waals surface area (Å²) in [6.07, 6.45) is 5.24. The van der Waals surface area contributed by atoms with Gasteiger partial charge < -0.3 is 14.6 Å². The number of hydrogen-bond donors (Lipinski definition) is 1. The molecular weight excluding hydrogens is 208 g/mol. The third-order valence-electron chi connectivity index (χ3n) is 2.94. The predicted molar refractivity (Wildman–Crippen MR) is 60.5 cm³/mol. The molecule has 1 rings (SSSR count). The van der Waals surface area contributed by atoms with Gasteiger partial charge in [-0.1, -0.05) is 0 Å². The molecule has 94 valence electrons. The molecule has 0 radical (unpaired) electrons. The second-order valence-electron chi connectivity index (χ2n) is 4.31. The maximum absolute atomic E-state index is 10.2. The lowest BCUT2D eigenvalue weighted by molar-refractivity contribution is -0.137. The van der Waals surface area contributed by atoms with E-state index in [9.17, 15) is 4.79 Å². The van der Waals surface area contributed by atoms with Gasteiger partial charge >= 0.3 is 5.97 Å². The molecule has 1 fully saturated rings. The van der Waals surface area contributed by atoms with E-state index >= 15 is 0 Å². The van der Waals surface area contributed by atoms with E-state index in [0.717, 1.165) is 51.4 Å². The van der Waals surface area contributed by atoms with E-state index in [1.165, 1.54) is 0 Å². The summed E-state index contributed by atoms with van der Waals surface area (Å²) >= 11 is 0. The molecule has 1 saturated heterocycles. The molecule has 0 aromatic rings. The largest absolute Gasteiger partial charge is 0.481 e. The van der Waals surface area contributed by atoms with Gasteiger partial charge in [-0.2, -0.15) is 0 Å². The summed E-state index contributed by atoms with van der Waals surface area (Å²) in [5.74, 6) is 0.0370. The second-order valence-corrected chi connectivity index (χ2v) is 4.31. The van der Waals surface area contributed by atoms with E-state index in [4.69, 9.17) is 14.6 Å². The highest BCUT2D eigenvalue weighted by Crippen LogP contribution is 2.18. The molecule has 0 unspecified atom stereocenters. The molecule has 0 saturated carbocycles. The Morgan fingerprint density at radius 3 is 2.69 bits per heavy atom. The number of ether oxygens (including phenoxy) is 2. The summed E-state index contributed by atoms with van der Waals surface area (Å²) in [6, 6.07) is 0. The standard InChI is InChI=1S/C12H22O4/c13-12(14)3-1-2-7-15-8-4-11-5-9-16-10-6-11/h11H,1-10H2,(H,13,14). The Balaban J connectivity index is 1.82. The van der Waals surface area contributed by atoms with Crippen LogP contribution in [0.5, 0.6) is 0 Å². The van der Waals surface area contributed by atoms with Crippen LogP contribution in [0, 0.1) is 5.92 Å². The van der Waals surface area contributed by atoms with Gasteiger partial charge in [0.05, 0.1) is 0 Å². The lowest BCUT2D eigenvalue weighted by Gasteiger charge is -2.21. The van der Waals surface area contributed by atoms with Gasteiger partial charge in [-0.15, -0.1) is 0 Å². The normalized spacial score (nSPS) is 17.5. The lowest BCUT2D eigenvalue weighted by atomic mass is 9.97.